The lowest BCUT2D eigenvalue weighted by molar-refractivity contribution is -0.148. The Hall–Kier alpha value is -1.59. The number of aliphatic carboxylic acids is 1. The molecule has 112 valence electrons. The van der Waals surface area contributed by atoms with Crippen molar-refractivity contribution in [2.75, 3.05) is 5.75 Å². The number of hydrogen-bond acceptors (Lipinski definition) is 8. The number of carboxylic acids is 1. The number of nitrogens with one attached hydrogen (secondary N) is 1. The van der Waals surface area contributed by atoms with Gasteiger partial charge in [0.2, 0.25) is 11.1 Å². The van der Waals surface area contributed by atoms with Crippen LogP contribution in [0.2, 0.25) is 0 Å². The first-order valence-corrected chi connectivity index (χ1v) is 8.00. The van der Waals surface area contributed by atoms with Crippen LogP contribution in [-0.4, -0.2) is 64.9 Å². The van der Waals surface area contributed by atoms with E-state index >= 15 is 0 Å². The van der Waals surface area contributed by atoms with Crippen molar-refractivity contribution in [2.45, 2.75) is 28.7 Å². The maximum atomic E-state index is 11.8. The highest BCUT2D eigenvalue weighted by atomic mass is 32.2. The monoisotopic (exact) mass is 328 g/mol. The molecule has 9 nitrogen and oxygen atoms in total. The molecule has 1 aromatic rings. The molecule has 3 heterocycles. The molecular weight excluding hydrogens is 316 g/mol. The predicted octanol–water partition coefficient (Wildman–Crippen LogP) is -0.739. The average molecular weight is 328 g/mol. The lowest BCUT2D eigenvalue weighted by Crippen LogP contribution is -2.68. The van der Waals surface area contributed by atoms with Crippen molar-refractivity contribution in [3.8, 4) is 0 Å². The van der Waals surface area contributed by atoms with Gasteiger partial charge in [0, 0.05) is 11.0 Å². The van der Waals surface area contributed by atoms with Crippen molar-refractivity contribution < 1.29 is 14.7 Å². The summed E-state index contributed by atoms with van der Waals surface area (Å²) >= 11 is 2.76. The summed E-state index contributed by atoms with van der Waals surface area (Å²) in [6.45, 7) is 1.85. The molecule has 3 atom stereocenters. The standard InChI is InChI=1S/C10H12N6O3S2/c1-3(21-10-12-14-15-13-10)4-2-20-8-5(11)7(17)16(8)6(4)9(18)19/h3,5,8H,2,11H2,1H3,(H,18,19)(H,12,13,14,15). The number of hydrogen-bond donors (Lipinski definition) is 3. The van der Waals surface area contributed by atoms with Crippen molar-refractivity contribution in [2.24, 2.45) is 5.73 Å². The smallest absolute Gasteiger partial charge is 0.352 e. The first-order valence-electron chi connectivity index (χ1n) is 6.07. The third-order valence-electron chi connectivity index (χ3n) is 3.34. The van der Waals surface area contributed by atoms with Gasteiger partial charge in [0.15, 0.2) is 0 Å². The van der Waals surface area contributed by atoms with E-state index in [1.54, 1.807) is 0 Å². The molecule has 1 fully saturated rings. The minimum absolute atomic E-state index is 0.0361. The Morgan fingerprint density at radius 3 is 3.05 bits per heavy atom. The number of β-lactam (4-membered cyclic amide) rings is 1. The molecule has 11 heteroatoms. The Labute approximate surface area is 127 Å². The topological polar surface area (TPSA) is 138 Å². The van der Waals surface area contributed by atoms with Crippen molar-refractivity contribution >= 4 is 35.4 Å². The normalized spacial score (nSPS) is 26.4. The number of H-pyrrole nitrogens is 1. The Balaban J connectivity index is 1.90. The third kappa shape index (κ3) is 2.30. The Bertz CT molecular complexity index is 618. The van der Waals surface area contributed by atoms with Crippen LogP contribution in [0.3, 0.4) is 0 Å². The van der Waals surface area contributed by atoms with E-state index in [1.165, 1.54) is 28.4 Å². The van der Waals surface area contributed by atoms with Crippen LogP contribution in [0.5, 0.6) is 0 Å². The molecule has 0 aromatic carbocycles. The van der Waals surface area contributed by atoms with E-state index in [0.717, 1.165) is 0 Å². The predicted molar refractivity (Wildman–Crippen MR) is 75.2 cm³/mol. The number of aromatic amines is 1. The zero-order valence-electron chi connectivity index (χ0n) is 10.9. The summed E-state index contributed by atoms with van der Waals surface area (Å²) in [6, 6.07) is -0.619. The largest absolute Gasteiger partial charge is 0.477 e. The Kier molecular flexibility index (Phi) is 3.63. The summed E-state index contributed by atoms with van der Waals surface area (Å²) in [5.41, 5.74) is 6.41. The fourth-order valence-electron chi connectivity index (χ4n) is 2.28. The quantitative estimate of drug-likeness (QED) is 0.482. The second kappa shape index (κ2) is 5.31. The van der Waals surface area contributed by atoms with Gasteiger partial charge in [-0.2, -0.15) is 5.21 Å². The SMILES string of the molecule is CC(Sc1nn[nH]n1)C1=C(C(=O)O)N2C(=O)C(N)C2SC1. The van der Waals surface area contributed by atoms with Gasteiger partial charge in [-0.05, 0) is 17.7 Å². The number of carbonyl (C=O) groups is 2. The minimum atomic E-state index is -1.11. The number of nitrogens with two attached hydrogens (primary N) is 1. The molecule has 4 N–H and O–H groups in total. The molecule has 2 aliphatic rings. The van der Waals surface area contributed by atoms with Crippen LogP contribution in [0.1, 0.15) is 6.92 Å². The molecule has 3 rings (SSSR count). The molecule has 0 aliphatic carbocycles. The molecule has 1 aromatic heterocycles. The van der Waals surface area contributed by atoms with E-state index in [0.29, 0.717) is 16.5 Å². The number of thioether (sulfide) groups is 2. The number of carboxylic acid groups (broad SMARTS) is 1. The zero-order chi connectivity index (χ0) is 15.1. The summed E-state index contributed by atoms with van der Waals surface area (Å²) < 4.78 is 0. The third-order valence-corrected chi connectivity index (χ3v) is 5.69. The molecule has 0 radical (unpaired) electrons. The van der Waals surface area contributed by atoms with Gasteiger partial charge in [0.25, 0.3) is 0 Å². The van der Waals surface area contributed by atoms with Gasteiger partial charge in [0.1, 0.15) is 17.1 Å². The van der Waals surface area contributed by atoms with Crippen molar-refractivity contribution in [3.05, 3.63) is 11.3 Å². The molecular formula is C10H12N6O3S2. The minimum Gasteiger partial charge on any atom is -0.477 e. The molecule has 2 aliphatic heterocycles. The van der Waals surface area contributed by atoms with E-state index in [4.69, 9.17) is 5.73 Å². The van der Waals surface area contributed by atoms with Crippen LogP contribution in [0.25, 0.3) is 0 Å². The second-order valence-electron chi connectivity index (χ2n) is 4.57. The number of nitrogens with zero attached hydrogens (tertiary/aromatic N) is 4. The van der Waals surface area contributed by atoms with Gasteiger partial charge >= 0.3 is 5.97 Å². The van der Waals surface area contributed by atoms with Gasteiger partial charge in [0.05, 0.1) is 0 Å². The van der Waals surface area contributed by atoms with Gasteiger partial charge < -0.3 is 10.8 Å². The number of aromatic nitrogens is 4. The maximum Gasteiger partial charge on any atom is 0.352 e. The van der Waals surface area contributed by atoms with E-state index < -0.39 is 12.0 Å². The van der Waals surface area contributed by atoms with Crippen LogP contribution >= 0.6 is 23.5 Å². The zero-order valence-corrected chi connectivity index (χ0v) is 12.5. The molecule has 1 amide bonds. The Morgan fingerprint density at radius 1 is 1.67 bits per heavy atom. The van der Waals surface area contributed by atoms with Crippen molar-refractivity contribution in [1.82, 2.24) is 25.5 Å². The van der Waals surface area contributed by atoms with E-state index in [-0.39, 0.29) is 22.2 Å². The average Bonchev–Trinajstić information content (AvgIpc) is 2.97. The summed E-state index contributed by atoms with van der Waals surface area (Å²) in [7, 11) is 0. The summed E-state index contributed by atoms with van der Waals surface area (Å²) in [4.78, 5) is 24.7. The first kappa shape index (κ1) is 14.4. The fraction of sp³-hybridized carbons (Fsp3) is 0.500. The van der Waals surface area contributed by atoms with E-state index in [9.17, 15) is 14.7 Å². The Morgan fingerprint density at radius 2 is 2.43 bits per heavy atom. The van der Waals surface area contributed by atoms with Gasteiger partial charge in [-0.3, -0.25) is 9.69 Å². The first-order chi connectivity index (χ1) is 10.0. The summed E-state index contributed by atoms with van der Waals surface area (Å²) in [6.07, 6.45) is 0. The molecule has 21 heavy (non-hydrogen) atoms. The number of rotatable bonds is 4. The number of amides is 1. The van der Waals surface area contributed by atoms with Crippen LogP contribution in [0, 0.1) is 0 Å². The lowest BCUT2D eigenvalue weighted by atomic mass is 10.0. The number of fused-ring (bicyclic) bond motifs is 1. The highest BCUT2D eigenvalue weighted by molar-refractivity contribution is 8.01. The summed E-state index contributed by atoms with van der Waals surface area (Å²) in [5, 5.41) is 22.9. The molecule has 0 bridgehead atoms. The van der Waals surface area contributed by atoms with Crippen molar-refractivity contribution in [3.63, 3.8) is 0 Å². The van der Waals surface area contributed by atoms with Gasteiger partial charge in [-0.15, -0.1) is 22.0 Å². The summed E-state index contributed by atoms with van der Waals surface area (Å²) in [5.74, 6) is -0.953. The molecule has 1 saturated heterocycles. The van der Waals surface area contributed by atoms with Gasteiger partial charge in [-0.1, -0.05) is 11.8 Å². The number of tetrazole rings is 1. The highest BCUT2D eigenvalue weighted by Crippen LogP contribution is 2.42. The van der Waals surface area contributed by atoms with Crippen LogP contribution in [0.15, 0.2) is 16.4 Å². The van der Waals surface area contributed by atoms with Gasteiger partial charge in [-0.25, -0.2) is 4.79 Å². The number of carbonyl (C=O) groups excluding carboxylic acids is 1. The van der Waals surface area contributed by atoms with Crippen molar-refractivity contribution in [1.29, 1.82) is 0 Å². The fourth-order valence-corrected chi connectivity index (χ4v) is 4.64. The molecule has 3 unspecified atom stereocenters. The van der Waals surface area contributed by atoms with Crippen LogP contribution in [-0.2, 0) is 9.59 Å². The lowest BCUT2D eigenvalue weighted by Gasteiger charge is -2.48. The van der Waals surface area contributed by atoms with E-state index in [1.807, 2.05) is 6.92 Å². The second-order valence-corrected chi connectivity index (χ2v) is 6.98. The van der Waals surface area contributed by atoms with Crippen LogP contribution < -0.4 is 5.73 Å². The molecule has 0 saturated carbocycles. The van der Waals surface area contributed by atoms with E-state index in [2.05, 4.69) is 20.6 Å². The molecule has 0 spiro atoms. The van der Waals surface area contributed by atoms with Crippen LogP contribution in [0.4, 0.5) is 0 Å². The maximum absolute atomic E-state index is 11.8. The highest BCUT2D eigenvalue weighted by Gasteiger charge is 2.52.